The van der Waals surface area contributed by atoms with Crippen molar-refractivity contribution in [1.29, 1.82) is 0 Å². The Balaban J connectivity index is 2.04. The molecular weight excluding hydrogens is 162 g/mol. The Labute approximate surface area is 78.9 Å². The van der Waals surface area contributed by atoms with E-state index in [1.807, 2.05) is 0 Å². The van der Waals surface area contributed by atoms with E-state index in [0.717, 1.165) is 19.6 Å². The maximum atomic E-state index is 5.31. The van der Waals surface area contributed by atoms with Crippen LogP contribution in [0.2, 0.25) is 0 Å². The van der Waals surface area contributed by atoms with Crippen LogP contribution in [0, 0.1) is 6.92 Å². The van der Waals surface area contributed by atoms with E-state index >= 15 is 0 Å². The summed E-state index contributed by atoms with van der Waals surface area (Å²) in [5, 5.41) is 3.48. The Hall–Kier alpha value is -1.02. The molecule has 2 heteroatoms. The molecule has 1 aromatic rings. The molecule has 0 aromatic heterocycles. The van der Waals surface area contributed by atoms with Crippen LogP contribution in [0.5, 0.6) is 0 Å². The zero-order chi connectivity index (χ0) is 9.10. The lowest BCUT2D eigenvalue weighted by molar-refractivity contribution is 0.195. The van der Waals surface area contributed by atoms with Crippen LogP contribution in [0.25, 0.3) is 0 Å². The van der Waals surface area contributed by atoms with Gasteiger partial charge < -0.3 is 10.1 Å². The highest BCUT2D eigenvalue weighted by Crippen LogP contribution is 2.17. The monoisotopic (exact) mass is 177 g/mol. The van der Waals surface area contributed by atoms with Crippen molar-refractivity contribution in [3.63, 3.8) is 0 Å². The van der Waals surface area contributed by atoms with E-state index in [0.29, 0.717) is 6.04 Å². The van der Waals surface area contributed by atoms with Gasteiger partial charge in [0.1, 0.15) is 0 Å². The van der Waals surface area contributed by atoms with E-state index in [-0.39, 0.29) is 0 Å². The summed E-state index contributed by atoms with van der Waals surface area (Å²) in [7, 11) is 0. The molecular formula is C11H15NO. The summed E-state index contributed by atoms with van der Waals surface area (Å²) >= 11 is 0. The highest BCUT2D eigenvalue weighted by atomic mass is 16.5. The van der Waals surface area contributed by atoms with Crippen LogP contribution in [0.4, 0.5) is 5.69 Å². The van der Waals surface area contributed by atoms with Crippen LogP contribution in [0.1, 0.15) is 12.0 Å². The largest absolute Gasteiger partial charge is 0.380 e. The van der Waals surface area contributed by atoms with E-state index in [2.05, 4.69) is 36.5 Å². The second kappa shape index (κ2) is 3.79. The topological polar surface area (TPSA) is 21.3 Å². The van der Waals surface area contributed by atoms with Crippen molar-refractivity contribution in [2.75, 3.05) is 18.5 Å². The summed E-state index contributed by atoms with van der Waals surface area (Å²) in [5.41, 5.74) is 2.53. The normalized spacial score (nSPS) is 21.8. The number of ether oxygens (including phenoxy) is 1. The van der Waals surface area contributed by atoms with E-state index in [4.69, 9.17) is 4.74 Å². The lowest BCUT2D eigenvalue weighted by Crippen LogP contribution is -2.19. The summed E-state index contributed by atoms with van der Waals surface area (Å²) in [4.78, 5) is 0. The van der Waals surface area contributed by atoms with Crippen molar-refractivity contribution in [1.82, 2.24) is 0 Å². The molecule has 1 aromatic carbocycles. The Morgan fingerprint density at radius 1 is 1.38 bits per heavy atom. The predicted octanol–water partition coefficient (Wildman–Crippen LogP) is 2.20. The molecule has 1 N–H and O–H groups in total. The minimum Gasteiger partial charge on any atom is -0.380 e. The second-order valence-electron chi connectivity index (χ2n) is 3.52. The highest BCUT2D eigenvalue weighted by Gasteiger charge is 2.15. The number of hydrogen-bond donors (Lipinski definition) is 1. The van der Waals surface area contributed by atoms with Crippen LogP contribution in [-0.2, 0) is 4.74 Å². The molecule has 0 saturated carbocycles. The third kappa shape index (κ3) is 2.01. The van der Waals surface area contributed by atoms with E-state index in [1.54, 1.807) is 0 Å². The highest BCUT2D eigenvalue weighted by molar-refractivity contribution is 5.50. The first-order chi connectivity index (χ1) is 6.36. The lowest BCUT2D eigenvalue weighted by atomic mass is 10.1. The molecule has 2 rings (SSSR count). The number of anilines is 1. The summed E-state index contributed by atoms with van der Waals surface area (Å²) in [6, 6.07) is 8.86. The predicted molar refractivity (Wildman–Crippen MR) is 54.0 cm³/mol. The fourth-order valence-electron chi connectivity index (χ4n) is 1.60. The lowest BCUT2D eigenvalue weighted by Gasteiger charge is -2.13. The SMILES string of the molecule is Cc1ccccc1NC1CCOC1. The van der Waals surface area contributed by atoms with E-state index < -0.39 is 0 Å². The second-order valence-corrected chi connectivity index (χ2v) is 3.52. The molecule has 1 fully saturated rings. The van der Waals surface area contributed by atoms with Gasteiger partial charge in [-0.25, -0.2) is 0 Å². The van der Waals surface area contributed by atoms with Crippen LogP contribution < -0.4 is 5.32 Å². The molecule has 2 nitrogen and oxygen atoms in total. The molecule has 0 radical (unpaired) electrons. The van der Waals surface area contributed by atoms with Crippen molar-refractivity contribution >= 4 is 5.69 Å². The molecule has 1 atom stereocenters. The smallest absolute Gasteiger partial charge is 0.0668 e. The molecule has 1 saturated heterocycles. The van der Waals surface area contributed by atoms with Gasteiger partial charge in [0.05, 0.1) is 12.6 Å². The van der Waals surface area contributed by atoms with Crippen molar-refractivity contribution in [3.05, 3.63) is 29.8 Å². The molecule has 70 valence electrons. The first-order valence-electron chi connectivity index (χ1n) is 4.76. The van der Waals surface area contributed by atoms with Crippen LogP contribution >= 0.6 is 0 Å². The van der Waals surface area contributed by atoms with Crippen molar-refractivity contribution in [3.8, 4) is 0 Å². The summed E-state index contributed by atoms with van der Waals surface area (Å²) < 4.78 is 5.31. The number of benzene rings is 1. The van der Waals surface area contributed by atoms with Crippen molar-refractivity contribution in [2.24, 2.45) is 0 Å². The summed E-state index contributed by atoms with van der Waals surface area (Å²) in [6.45, 7) is 3.86. The van der Waals surface area contributed by atoms with Gasteiger partial charge in [0.2, 0.25) is 0 Å². The number of hydrogen-bond acceptors (Lipinski definition) is 2. The maximum absolute atomic E-state index is 5.31. The zero-order valence-corrected chi connectivity index (χ0v) is 7.92. The fourth-order valence-corrected chi connectivity index (χ4v) is 1.60. The first-order valence-corrected chi connectivity index (χ1v) is 4.76. The van der Waals surface area contributed by atoms with E-state index in [1.165, 1.54) is 11.3 Å². The van der Waals surface area contributed by atoms with Crippen LogP contribution in [-0.4, -0.2) is 19.3 Å². The minimum atomic E-state index is 0.501. The molecule has 0 spiro atoms. The molecule has 1 aliphatic heterocycles. The molecule has 0 aliphatic carbocycles. The zero-order valence-electron chi connectivity index (χ0n) is 7.92. The van der Waals surface area contributed by atoms with Crippen molar-refractivity contribution in [2.45, 2.75) is 19.4 Å². The van der Waals surface area contributed by atoms with Gasteiger partial charge in [-0.3, -0.25) is 0 Å². The van der Waals surface area contributed by atoms with Gasteiger partial charge in [0, 0.05) is 12.3 Å². The van der Waals surface area contributed by atoms with Gasteiger partial charge >= 0.3 is 0 Å². The van der Waals surface area contributed by atoms with Gasteiger partial charge in [-0.2, -0.15) is 0 Å². The molecule has 0 bridgehead atoms. The fraction of sp³-hybridized carbons (Fsp3) is 0.455. The Kier molecular flexibility index (Phi) is 2.50. The van der Waals surface area contributed by atoms with Gasteiger partial charge in [-0.05, 0) is 25.0 Å². The molecule has 1 aliphatic rings. The number of nitrogens with one attached hydrogen (secondary N) is 1. The summed E-state index contributed by atoms with van der Waals surface area (Å²) in [6.07, 6.45) is 1.12. The molecule has 0 amide bonds. The van der Waals surface area contributed by atoms with Crippen LogP contribution in [0.3, 0.4) is 0 Å². The molecule has 1 unspecified atom stereocenters. The Morgan fingerprint density at radius 2 is 2.23 bits per heavy atom. The number of aryl methyl sites for hydroxylation is 1. The first kappa shape index (κ1) is 8.57. The quantitative estimate of drug-likeness (QED) is 0.747. The Morgan fingerprint density at radius 3 is 2.92 bits per heavy atom. The number of rotatable bonds is 2. The third-order valence-corrected chi connectivity index (χ3v) is 2.43. The van der Waals surface area contributed by atoms with Gasteiger partial charge in [0.25, 0.3) is 0 Å². The van der Waals surface area contributed by atoms with Gasteiger partial charge in [-0.15, -0.1) is 0 Å². The maximum Gasteiger partial charge on any atom is 0.0668 e. The average molecular weight is 177 g/mol. The number of para-hydroxylation sites is 1. The molecule has 1 heterocycles. The van der Waals surface area contributed by atoms with Gasteiger partial charge in [-0.1, -0.05) is 18.2 Å². The third-order valence-electron chi connectivity index (χ3n) is 2.43. The standard InChI is InChI=1S/C11H15NO/c1-9-4-2-3-5-11(9)12-10-6-7-13-8-10/h2-5,10,12H,6-8H2,1H3. The van der Waals surface area contributed by atoms with Crippen molar-refractivity contribution < 1.29 is 4.74 Å². The summed E-state index contributed by atoms with van der Waals surface area (Å²) in [5.74, 6) is 0. The average Bonchev–Trinajstić information content (AvgIpc) is 2.61. The van der Waals surface area contributed by atoms with E-state index in [9.17, 15) is 0 Å². The molecule has 13 heavy (non-hydrogen) atoms. The van der Waals surface area contributed by atoms with Gasteiger partial charge in [0.15, 0.2) is 0 Å². The Bertz CT molecular complexity index is 279. The van der Waals surface area contributed by atoms with Crippen LogP contribution in [0.15, 0.2) is 24.3 Å². The minimum absolute atomic E-state index is 0.501.